The van der Waals surface area contributed by atoms with Crippen LogP contribution in [-0.4, -0.2) is 40.5 Å². The van der Waals surface area contributed by atoms with Crippen LogP contribution in [0.4, 0.5) is 10.5 Å². The highest BCUT2D eigenvalue weighted by molar-refractivity contribution is 6.20. The molecule has 6 heteroatoms. The average Bonchev–Trinajstić information content (AvgIpc) is 3.16. The Hall–Kier alpha value is -3.28. The Balaban J connectivity index is 1.44. The molecule has 1 aliphatic carbocycles. The Morgan fingerprint density at radius 3 is 2.50 bits per heavy atom. The number of anilines is 1. The van der Waals surface area contributed by atoms with Gasteiger partial charge in [0.2, 0.25) is 0 Å². The van der Waals surface area contributed by atoms with E-state index in [1.807, 2.05) is 39.0 Å². The van der Waals surface area contributed by atoms with E-state index in [4.69, 9.17) is 10.5 Å². The van der Waals surface area contributed by atoms with Crippen LogP contribution in [0.3, 0.4) is 0 Å². The van der Waals surface area contributed by atoms with Gasteiger partial charge in [0, 0.05) is 46.4 Å². The van der Waals surface area contributed by atoms with Gasteiger partial charge in [0.05, 0.1) is 5.56 Å². The third kappa shape index (κ3) is 3.65. The fraction of sp³-hybridized carbons (Fsp3) is 0.429. The van der Waals surface area contributed by atoms with Gasteiger partial charge in [0.15, 0.2) is 5.78 Å². The van der Waals surface area contributed by atoms with Crippen LogP contribution in [0.1, 0.15) is 86.1 Å². The molecule has 2 aromatic carbocycles. The molecule has 6 nitrogen and oxygen atoms in total. The first-order chi connectivity index (χ1) is 16.0. The summed E-state index contributed by atoms with van der Waals surface area (Å²) in [4.78, 5) is 31.4. The lowest BCUT2D eigenvalue weighted by Crippen LogP contribution is -2.41. The SMILES string of the molecule is CC(C)(C)OC(=O)N1CCC(c2ccc3c(c2)C(=O)c2c([nH]c4cc(N)ccc24)C3(C)C)CC1. The molecule has 0 atom stereocenters. The first kappa shape index (κ1) is 22.5. The lowest BCUT2D eigenvalue weighted by molar-refractivity contribution is 0.0205. The number of rotatable bonds is 1. The molecule has 1 aliphatic heterocycles. The minimum Gasteiger partial charge on any atom is -0.444 e. The third-order valence-corrected chi connectivity index (χ3v) is 7.25. The first-order valence-electron chi connectivity index (χ1n) is 12.0. The number of aromatic nitrogens is 1. The van der Waals surface area contributed by atoms with Gasteiger partial charge >= 0.3 is 6.09 Å². The fourth-order valence-corrected chi connectivity index (χ4v) is 5.46. The molecule has 1 fully saturated rings. The van der Waals surface area contributed by atoms with E-state index in [0.717, 1.165) is 46.1 Å². The van der Waals surface area contributed by atoms with E-state index in [1.165, 1.54) is 5.56 Å². The maximum atomic E-state index is 13.7. The maximum absolute atomic E-state index is 13.7. The molecule has 178 valence electrons. The number of hydrogen-bond acceptors (Lipinski definition) is 4. The van der Waals surface area contributed by atoms with E-state index in [0.29, 0.717) is 24.7 Å². The Kier molecular flexibility index (Phi) is 5.04. The molecule has 0 spiro atoms. The van der Waals surface area contributed by atoms with Gasteiger partial charge in [0.1, 0.15) is 5.60 Å². The van der Waals surface area contributed by atoms with Crippen LogP contribution >= 0.6 is 0 Å². The van der Waals surface area contributed by atoms with Crippen LogP contribution in [0.2, 0.25) is 0 Å². The Morgan fingerprint density at radius 1 is 1.12 bits per heavy atom. The summed E-state index contributed by atoms with van der Waals surface area (Å²) in [5.41, 5.74) is 11.4. The van der Waals surface area contributed by atoms with Gasteiger partial charge in [-0.3, -0.25) is 4.79 Å². The first-order valence-corrected chi connectivity index (χ1v) is 12.0. The Morgan fingerprint density at radius 2 is 1.82 bits per heavy atom. The summed E-state index contributed by atoms with van der Waals surface area (Å²) in [6.45, 7) is 11.3. The zero-order valence-corrected chi connectivity index (χ0v) is 20.6. The van der Waals surface area contributed by atoms with Gasteiger partial charge in [-0.2, -0.15) is 0 Å². The number of nitrogens with zero attached hydrogens (tertiary/aromatic N) is 1. The number of nitrogens with two attached hydrogens (primary N) is 1. The van der Waals surface area contributed by atoms with Gasteiger partial charge in [-0.05, 0) is 68.9 Å². The number of ether oxygens (including phenoxy) is 1. The second-order valence-corrected chi connectivity index (χ2v) is 11.2. The quantitative estimate of drug-likeness (QED) is 0.455. The summed E-state index contributed by atoms with van der Waals surface area (Å²) >= 11 is 0. The molecular formula is C28H33N3O3. The van der Waals surface area contributed by atoms with Crippen molar-refractivity contribution in [2.45, 2.75) is 64.4 Å². The summed E-state index contributed by atoms with van der Waals surface area (Å²) in [6, 6.07) is 12.0. The van der Waals surface area contributed by atoms with Crippen molar-refractivity contribution >= 4 is 28.5 Å². The largest absolute Gasteiger partial charge is 0.444 e. The molecule has 3 N–H and O–H groups in total. The smallest absolute Gasteiger partial charge is 0.410 e. The lowest BCUT2D eigenvalue weighted by Gasteiger charge is -2.35. The second-order valence-electron chi connectivity index (χ2n) is 11.2. The number of nitrogen functional groups attached to an aromatic ring is 1. The molecule has 0 bridgehead atoms. The number of H-pyrrole nitrogens is 1. The molecule has 5 rings (SSSR count). The highest BCUT2D eigenvalue weighted by Crippen LogP contribution is 2.45. The van der Waals surface area contributed by atoms with Gasteiger partial charge in [-0.25, -0.2) is 4.79 Å². The predicted molar refractivity (Wildman–Crippen MR) is 134 cm³/mol. The van der Waals surface area contributed by atoms with Crippen molar-refractivity contribution in [1.82, 2.24) is 9.88 Å². The molecule has 0 unspecified atom stereocenters. The monoisotopic (exact) mass is 459 g/mol. The summed E-state index contributed by atoms with van der Waals surface area (Å²) in [7, 11) is 0. The van der Waals surface area contributed by atoms with Crippen LogP contribution in [0.15, 0.2) is 36.4 Å². The minimum atomic E-state index is -0.493. The van der Waals surface area contributed by atoms with Crippen molar-refractivity contribution < 1.29 is 14.3 Å². The zero-order chi connectivity index (χ0) is 24.4. The number of benzene rings is 2. The number of nitrogens with one attached hydrogen (secondary N) is 1. The number of carbonyl (C=O) groups is 2. The van der Waals surface area contributed by atoms with E-state index in [1.54, 1.807) is 4.90 Å². The van der Waals surface area contributed by atoms with Crippen LogP contribution in [0, 0.1) is 0 Å². The van der Waals surface area contributed by atoms with Crippen LogP contribution in [0.5, 0.6) is 0 Å². The fourth-order valence-electron chi connectivity index (χ4n) is 5.46. The zero-order valence-electron chi connectivity index (χ0n) is 20.6. The molecule has 2 aliphatic rings. The van der Waals surface area contributed by atoms with Gasteiger partial charge in [-0.1, -0.05) is 32.0 Å². The number of hydrogen-bond donors (Lipinski definition) is 2. The highest BCUT2D eigenvalue weighted by Gasteiger charge is 2.40. The van der Waals surface area contributed by atoms with Crippen LogP contribution < -0.4 is 5.73 Å². The molecule has 0 saturated carbocycles. The normalized spacial score (nSPS) is 18.0. The van der Waals surface area contributed by atoms with E-state index in [9.17, 15) is 9.59 Å². The predicted octanol–water partition coefficient (Wildman–Crippen LogP) is 5.73. The number of fused-ring (bicyclic) bond motifs is 4. The lowest BCUT2D eigenvalue weighted by atomic mass is 9.70. The third-order valence-electron chi connectivity index (χ3n) is 7.25. The van der Waals surface area contributed by atoms with Crippen molar-refractivity contribution in [3.05, 3.63) is 64.3 Å². The highest BCUT2D eigenvalue weighted by atomic mass is 16.6. The Bertz CT molecular complexity index is 1300. The van der Waals surface area contributed by atoms with Crippen molar-refractivity contribution in [3.63, 3.8) is 0 Å². The van der Waals surface area contributed by atoms with Gasteiger partial charge < -0.3 is 20.4 Å². The molecule has 34 heavy (non-hydrogen) atoms. The van der Waals surface area contributed by atoms with E-state index in [2.05, 4.69) is 37.0 Å². The van der Waals surface area contributed by atoms with Crippen molar-refractivity contribution in [2.75, 3.05) is 18.8 Å². The van der Waals surface area contributed by atoms with E-state index >= 15 is 0 Å². The number of carbonyl (C=O) groups excluding carboxylic acids is 2. The number of piperidine rings is 1. The number of amides is 1. The molecule has 1 saturated heterocycles. The maximum Gasteiger partial charge on any atom is 0.410 e. The molecule has 3 aromatic rings. The number of ketones is 1. The molecular weight excluding hydrogens is 426 g/mol. The van der Waals surface area contributed by atoms with Crippen molar-refractivity contribution in [1.29, 1.82) is 0 Å². The molecule has 0 radical (unpaired) electrons. The van der Waals surface area contributed by atoms with E-state index < -0.39 is 5.60 Å². The van der Waals surface area contributed by atoms with E-state index in [-0.39, 0.29) is 17.3 Å². The summed E-state index contributed by atoms with van der Waals surface area (Å²) in [5, 5.41) is 0.920. The number of likely N-dealkylation sites (tertiary alicyclic amines) is 1. The van der Waals surface area contributed by atoms with Gasteiger partial charge in [0.25, 0.3) is 0 Å². The van der Waals surface area contributed by atoms with Gasteiger partial charge in [-0.15, -0.1) is 0 Å². The van der Waals surface area contributed by atoms with Crippen LogP contribution in [0.25, 0.3) is 10.9 Å². The topological polar surface area (TPSA) is 88.4 Å². The summed E-state index contributed by atoms with van der Waals surface area (Å²) in [5.74, 6) is 0.373. The molecule has 1 amide bonds. The average molecular weight is 460 g/mol. The van der Waals surface area contributed by atoms with Crippen LogP contribution in [-0.2, 0) is 10.2 Å². The summed E-state index contributed by atoms with van der Waals surface area (Å²) in [6.07, 6.45) is 1.46. The summed E-state index contributed by atoms with van der Waals surface area (Å²) < 4.78 is 5.53. The molecule has 2 heterocycles. The molecule has 1 aromatic heterocycles. The Labute approximate surface area is 200 Å². The van der Waals surface area contributed by atoms with Crippen molar-refractivity contribution in [3.8, 4) is 0 Å². The van der Waals surface area contributed by atoms with Crippen molar-refractivity contribution in [2.24, 2.45) is 0 Å². The second kappa shape index (κ2) is 7.62. The standard InChI is InChI=1S/C28H33N3O3/c1-27(2,3)34-26(33)31-12-10-16(11-13-31)17-6-9-21-20(14-17)24(32)23-19-8-7-18(29)15-22(19)30-25(23)28(21,4)5/h6-9,14-16,30H,10-13,29H2,1-5H3. The number of aromatic amines is 1. The minimum absolute atomic E-state index is 0.0633.